The zero-order chi connectivity index (χ0) is 16.9. The first-order valence-corrected chi connectivity index (χ1v) is 8.28. The van der Waals surface area contributed by atoms with Gasteiger partial charge in [-0.15, -0.1) is 0 Å². The van der Waals surface area contributed by atoms with Gasteiger partial charge < -0.3 is 9.64 Å². The van der Waals surface area contributed by atoms with Crippen molar-refractivity contribution in [3.8, 4) is 5.75 Å². The number of aromatic nitrogens is 1. The summed E-state index contributed by atoms with van der Waals surface area (Å²) >= 11 is 5.91. The summed E-state index contributed by atoms with van der Waals surface area (Å²) in [4.78, 5) is 18.3. The standard InChI is InChI=1S/C18H18ClFN2O2/c19-15-8-14(9-21-10-15)18(23)22-7-1-2-13(11-22)12-24-17-5-3-16(20)4-6-17/h3-6,8-10,13H,1-2,7,11-12H2. The third-order valence-corrected chi connectivity index (χ3v) is 4.26. The van der Waals surface area contributed by atoms with Gasteiger partial charge in [0.05, 0.1) is 17.2 Å². The lowest BCUT2D eigenvalue weighted by atomic mass is 9.98. The molecule has 0 radical (unpaired) electrons. The van der Waals surface area contributed by atoms with E-state index in [-0.39, 0.29) is 17.6 Å². The SMILES string of the molecule is O=C(c1cncc(Cl)c1)N1CCCC(COc2ccc(F)cc2)C1. The number of nitrogens with zero attached hydrogens (tertiary/aromatic N) is 2. The zero-order valence-electron chi connectivity index (χ0n) is 13.1. The molecule has 2 aromatic rings. The maximum Gasteiger partial charge on any atom is 0.255 e. The van der Waals surface area contributed by atoms with Crippen molar-refractivity contribution in [2.75, 3.05) is 19.7 Å². The van der Waals surface area contributed by atoms with Gasteiger partial charge in [-0.2, -0.15) is 0 Å². The van der Waals surface area contributed by atoms with E-state index in [2.05, 4.69) is 4.98 Å². The number of likely N-dealkylation sites (tertiary alicyclic amines) is 1. The van der Waals surface area contributed by atoms with Crippen LogP contribution in [0.1, 0.15) is 23.2 Å². The Labute approximate surface area is 145 Å². The molecule has 3 rings (SSSR count). The van der Waals surface area contributed by atoms with Gasteiger partial charge in [-0.3, -0.25) is 9.78 Å². The van der Waals surface area contributed by atoms with Gasteiger partial charge in [0.1, 0.15) is 11.6 Å². The second-order valence-corrected chi connectivity index (χ2v) is 6.35. The Hall–Kier alpha value is -2.14. The predicted molar refractivity (Wildman–Crippen MR) is 89.8 cm³/mol. The lowest BCUT2D eigenvalue weighted by Crippen LogP contribution is -2.41. The molecule has 1 unspecified atom stereocenters. The van der Waals surface area contributed by atoms with Gasteiger partial charge in [0.25, 0.3) is 5.91 Å². The van der Waals surface area contributed by atoms with E-state index in [1.165, 1.54) is 24.5 Å². The van der Waals surface area contributed by atoms with E-state index in [1.54, 1.807) is 18.2 Å². The van der Waals surface area contributed by atoms with Gasteiger partial charge in [0.2, 0.25) is 0 Å². The van der Waals surface area contributed by atoms with Crippen LogP contribution in [0.2, 0.25) is 5.02 Å². The summed E-state index contributed by atoms with van der Waals surface area (Å²) in [6.07, 6.45) is 4.97. The molecule has 0 spiro atoms. The molecule has 0 aliphatic carbocycles. The molecule has 1 amide bonds. The molecule has 2 heterocycles. The van der Waals surface area contributed by atoms with Crippen molar-refractivity contribution in [3.05, 3.63) is 59.1 Å². The number of rotatable bonds is 4. The van der Waals surface area contributed by atoms with Gasteiger partial charge in [0, 0.05) is 31.4 Å². The third kappa shape index (κ3) is 4.23. The van der Waals surface area contributed by atoms with Gasteiger partial charge in [0.15, 0.2) is 0 Å². The van der Waals surface area contributed by atoms with Crippen LogP contribution in [0.25, 0.3) is 0 Å². The van der Waals surface area contributed by atoms with Crippen LogP contribution in [0.15, 0.2) is 42.7 Å². The van der Waals surface area contributed by atoms with E-state index in [4.69, 9.17) is 16.3 Å². The van der Waals surface area contributed by atoms with Crippen molar-refractivity contribution in [2.45, 2.75) is 12.8 Å². The van der Waals surface area contributed by atoms with Gasteiger partial charge in [-0.05, 0) is 43.2 Å². The summed E-state index contributed by atoms with van der Waals surface area (Å²) in [5, 5.41) is 0.453. The van der Waals surface area contributed by atoms with Crippen LogP contribution in [0.4, 0.5) is 4.39 Å². The minimum Gasteiger partial charge on any atom is -0.493 e. The van der Waals surface area contributed by atoms with E-state index >= 15 is 0 Å². The van der Waals surface area contributed by atoms with Gasteiger partial charge >= 0.3 is 0 Å². The topological polar surface area (TPSA) is 42.4 Å². The van der Waals surface area contributed by atoms with E-state index in [1.807, 2.05) is 4.90 Å². The maximum absolute atomic E-state index is 12.9. The Kier molecular flexibility index (Phi) is 5.30. The number of halogens is 2. The Balaban J connectivity index is 1.57. The largest absolute Gasteiger partial charge is 0.493 e. The first-order valence-electron chi connectivity index (χ1n) is 7.90. The van der Waals surface area contributed by atoms with Crippen LogP contribution in [-0.4, -0.2) is 35.5 Å². The molecule has 0 bridgehead atoms. The highest BCUT2D eigenvalue weighted by Gasteiger charge is 2.25. The van der Waals surface area contributed by atoms with E-state index in [0.29, 0.717) is 29.5 Å². The Morgan fingerprint density at radius 3 is 2.88 bits per heavy atom. The molecule has 1 atom stereocenters. The van der Waals surface area contributed by atoms with E-state index < -0.39 is 0 Å². The van der Waals surface area contributed by atoms with Crippen molar-refractivity contribution in [2.24, 2.45) is 5.92 Å². The number of carbonyl (C=O) groups excluding carboxylic acids is 1. The number of piperidine rings is 1. The first kappa shape index (κ1) is 16.7. The molecule has 6 heteroatoms. The van der Waals surface area contributed by atoms with Crippen molar-refractivity contribution in [3.63, 3.8) is 0 Å². The normalized spacial score (nSPS) is 17.6. The van der Waals surface area contributed by atoms with Gasteiger partial charge in [-0.25, -0.2) is 4.39 Å². The molecule has 1 aliphatic heterocycles. The summed E-state index contributed by atoms with van der Waals surface area (Å²) < 4.78 is 18.6. The van der Waals surface area contributed by atoms with Crippen molar-refractivity contribution in [1.82, 2.24) is 9.88 Å². The van der Waals surface area contributed by atoms with Crippen LogP contribution < -0.4 is 4.74 Å². The first-order chi connectivity index (χ1) is 11.6. The number of benzene rings is 1. The molecule has 1 aromatic heterocycles. The lowest BCUT2D eigenvalue weighted by molar-refractivity contribution is 0.0633. The third-order valence-electron chi connectivity index (χ3n) is 4.06. The highest BCUT2D eigenvalue weighted by atomic mass is 35.5. The van der Waals surface area contributed by atoms with Crippen LogP contribution in [0.5, 0.6) is 5.75 Å². The number of pyridine rings is 1. The number of carbonyl (C=O) groups is 1. The fourth-order valence-electron chi connectivity index (χ4n) is 2.84. The number of ether oxygens (including phenoxy) is 1. The molecule has 4 nitrogen and oxygen atoms in total. The molecule has 24 heavy (non-hydrogen) atoms. The fourth-order valence-corrected chi connectivity index (χ4v) is 3.02. The highest BCUT2D eigenvalue weighted by molar-refractivity contribution is 6.30. The zero-order valence-corrected chi connectivity index (χ0v) is 13.9. The summed E-state index contributed by atoms with van der Waals surface area (Å²) in [5.74, 6) is 0.544. The highest BCUT2D eigenvalue weighted by Crippen LogP contribution is 2.21. The molecule has 1 saturated heterocycles. The van der Waals surface area contributed by atoms with Crippen LogP contribution in [0, 0.1) is 11.7 Å². The van der Waals surface area contributed by atoms with Crippen molar-refractivity contribution < 1.29 is 13.9 Å². The fraction of sp³-hybridized carbons (Fsp3) is 0.333. The summed E-state index contributed by atoms with van der Waals surface area (Å²) in [7, 11) is 0. The molecule has 126 valence electrons. The number of hydrogen-bond donors (Lipinski definition) is 0. The Bertz CT molecular complexity index is 708. The average Bonchev–Trinajstić information content (AvgIpc) is 2.61. The number of hydrogen-bond acceptors (Lipinski definition) is 3. The summed E-state index contributed by atoms with van der Waals surface area (Å²) in [5.41, 5.74) is 0.502. The predicted octanol–water partition coefficient (Wildman–Crippen LogP) is 3.81. The monoisotopic (exact) mass is 348 g/mol. The minimum absolute atomic E-state index is 0.0588. The summed E-state index contributed by atoms with van der Waals surface area (Å²) in [6, 6.07) is 7.60. The minimum atomic E-state index is -0.285. The Morgan fingerprint density at radius 1 is 1.33 bits per heavy atom. The van der Waals surface area contributed by atoms with Crippen molar-refractivity contribution >= 4 is 17.5 Å². The molecule has 0 N–H and O–H groups in total. The molecular formula is C18H18ClFN2O2. The molecule has 0 saturated carbocycles. The molecule has 1 fully saturated rings. The van der Waals surface area contributed by atoms with E-state index in [9.17, 15) is 9.18 Å². The van der Waals surface area contributed by atoms with Crippen LogP contribution in [-0.2, 0) is 0 Å². The summed E-state index contributed by atoms with van der Waals surface area (Å²) in [6.45, 7) is 1.86. The second-order valence-electron chi connectivity index (χ2n) is 5.92. The smallest absolute Gasteiger partial charge is 0.255 e. The number of amides is 1. The van der Waals surface area contributed by atoms with Gasteiger partial charge in [-0.1, -0.05) is 11.6 Å². The van der Waals surface area contributed by atoms with Crippen LogP contribution in [0.3, 0.4) is 0 Å². The molecule has 1 aliphatic rings. The second kappa shape index (κ2) is 7.62. The quantitative estimate of drug-likeness (QED) is 0.844. The lowest BCUT2D eigenvalue weighted by Gasteiger charge is -2.32. The maximum atomic E-state index is 12.9. The molecular weight excluding hydrogens is 331 g/mol. The molecule has 1 aromatic carbocycles. The van der Waals surface area contributed by atoms with Crippen molar-refractivity contribution in [1.29, 1.82) is 0 Å². The van der Waals surface area contributed by atoms with E-state index in [0.717, 1.165) is 19.4 Å². The van der Waals surface area contributed by atoms with Crippen LogP contribution >= 0.6 is 11.6 Å². The Morgan fingerprint density at radius 2 is 2.12 bits per heavy atom. The average molecular weight is 349 g/mol.